The van der Waals surface area contributed by atoms with E-state index in [1.54, 1.807) is 32.4 Å². The van der Waals surface area contributed by atoms with Gasteiger partial charge >= 0.3 is 5.97 Å². The van der Waals surface area contributed by atoms with Crippen molar-refractivity contribution in [2.75, 3.05) is 21.3 Å². The molecule has 5 heteroatoms. The highest BCUT2D eigenvalue weighted by Crippen LogP contribution is 2.23. The van der Waals surface area contributed by atoms with Crippen molar-refractivity contribution in [2.45, 2.75) is 12.5 Å². The van der Waals surface area contributed by atoms with E-state index in [0.717, 1.165) is 5.56 Å². The maximum absolute atomic E-state index is 10.9. The lowest BCUT2D eigenvalue weighted by Crippen LogP contribution is -2.24. The molecule has 1 aromatic rings. The molecule has 1 atom stereocenters. The lowest BCUT2D eigenvalue weighted by Gasteiger charge is -2.12. The average molecular weight is 240 g/mol. The average Bonchev–Trinajstić information content (AvgIpc) is 2.34. The summed E-state index contributed by atoms with van der Waals surface area (Å²) in [6, 6.07) is 5.25. The number of carboxylic acid groups (broad SMARTS) is 1. The lowest BCUT2D eigenvalue weighted by molar-refractivity contribution is -0.148. The fourth-order valence-corrected chi connectivity index (χ4v) is 1.47. The van der Waals surface area contributed by atoms with E-state index in [1.165, 1.54) is 7.11 Å². The second-order valence-electron chi connectivity index (χ2n) is 3.49. The molecule has 0 amide bonds. The standard InChI is InChI=1S/C12H16O5/c1-15-9-4-8(5-10(7-9)16-2)6-11(17-3)12(13)14/h4-5,7,11H,6H2,1-3H3,(H,13,14). The zero-order chi connectivity index (χ0) is 12.8. The van der Waals surface area contributed by atoms with Crippen molar-refractivity contribution >= 4 is 5.97 Å². The van der Waals surface area contributed by atoms with Crippen molar-refractivity contribution in [1.29, 1.82) is 0 Å². The van der Waals surface area contributed by atoms with Gasteiger partial charge in [-0.1, -0.05) is 0 Å². The molecule has 0 fully saturated rings. The summed E-state index contributed by atoms with van der Waals surface area (Å²) in [5.74, 6) is 0.258. The van der Waals surface area contributed by atoms with Crippen molar-refractivity contribution < 1.29 is 24.1 Å². The molecule has 1 aromatic carbocycles. The van der Waals surface area contributed by atoms with Gasteiger partial charge in [0.25, 0.3) is 0 Å². The van der Waals surface area contributed by atoms with Crippen molar-refractivity contribution in [3.8, 4) is 11.5 Å². The number of rotatable bonds is 6. The third-order valence-corrected chi connectivity index (χ3v) is 2.39. The maximum Gasteiger partial charge on any atom is 0.333 e. The highest BCUT2D eigenvalue weighted by atomic mass is 16.5. The Kier molecular flexibility index (Phi) is 4.78. The zero-order valence-electron chi connectivity index (χ0n) is 10.1. The van der Waals surface area contributed by atoms with Gasteiger partial charge in [-0.25, -0.2) is 4.79 Å². The first kappa shape index (κ1) is 13.3. The van der Waals surface area contributed by atoms with Crippen molar-refractivity contribution in [3.05, 3.63) is 23.8 Å². The molecule has 5 nitrogen and oxygen atoms in total. The molecular weight excluding hydrogens is 224 g/mol. The van der Waals surface area contributed by atoms with Gasteiger partial charge in [-0.05, 0) is 17.7 Å². The number of aliphatic carboxylic acids is 1. The number of carboxylic acids is 1. The Morgan fingerprint density at radius 3 is 2.06 bits per heavy atom. The van der Waals surface area contributed by atoms with Crippen LogP contribution in [0.25, 0.3) is 0 Å². The van der Waals surface area contributed by atoms with E-state index < -0.39 is 12.1 Å². The molecule has 0 radical (unpaired) electrons. The first-order valence-corrected chi connectivity index (χ1v) is 5.08. The summed E-state index contributed by atoms with van der Waals surface area (Å²) in [6.07, 6.45) is -0.605. The Hall–Kier alpha value is -1.75. The van der Waals surface area contributed by atoms with Crippen LogP contribution in [0.2, 0.25) is 0 Å². The van der Waals surface area contributed by atoms with Crippen LogP contribution in [-0.2, 0) is 16.0 Å². The van der Waals surface area contributed by atoms with Crippen LogP contribution in [0.1, 0.15) is 5.56 Å². The number of carbonyl (C=O) groups is 1. The normalized spacial score (nSPS) is 11.9. The summed E-state index contributed by atoms with van der Waals surface area (Å²) in [6.45, 7) is 0. The minimum Gasteiger partial charge on any atom is -0.497 e. The predicted molar refractivity (Wildman–Crippen MR) is 61.7 cm³/mol. The topological polar surface area (TPSA) is 65.0 Å². The summed E-state index contributed by atoms with van der Waals surface area (Å²) >= 11 is 0. The van der Waals surface area contributed by atoms with E-state index >= 15 is 0 Å². The van der Waals surface area contributed by atoms with Gasteiger partial charge in [-0.3, -0.25) is 0 Å². The van der Waals surface area contributed by atoms with Crippen LogP contribution < -0.4 is 9.47 Å². The Labute approximate surface area is 99.9 Å². The molecule has 94 valence electrons. The van der Waals surface area contributed by atoms with Crippen molar-refractivity contribution in [2.24, 2.45) is 0 Å². The largest absolute Gasteiger partial charge is 0.497 e. The van der Waals surface area contributed by atoms with E-state index in [0.29, 0.717) is 11.5 Å². The number of hydrogen-bond donors (Lipinski definition) is 1. The van der Waals surface area contributed by atoms with E-state index in [-0.39, 0.29) is 6.42 Å². The van der Waals surface area contributed by atoms with E-state index in [1.807, 2.05) is 0 Å². The van der Waals surface area contributed by atoms with Gasteiger partial charge in [0.15, 0.2) is 6.10 Å². The highest BCUT2D eigenvalue weighted by molar-refractivity contribution is 5.72. The zero-order valence-corrected chi connectivity index (χ0v) is 10.1. The molecule has 0 spiro atoms. The van der Waals surface area contributed by atoms with Gasteiger partial charge in [0.1, 0.15) is 11.5 Å². The maximum atomic E-state index is 10.9. The third kappa shape index (κ3) is 3.64. The summed E-state index contributed by atoms with van der Waals surface area (Å²) in [5.41, 5.74) is 0.787. The molecule has 0 saturated carbocycles. The Morgan fingerprint density at radius 1 is 1.18 bits per heavy atom. The molecule has 0 aliphatic rings. The number of hydrogen-bond acceptors (Lipinski definition) is 4. The molecule has 0 bridgehead atoms. The molecule has 0 saturated heterocycles. The fraction of sp³-hybridized carbons (Fsp3) is 0.417. The molecule has 0 heterocycles. The van der Waals surface area contributed by atoms with E-state index in [2.05, 4.69) is 0 Å². The predicted octanol–water partition coefficient (Wildman–Crippen LogP) is 1.35. The molecule has 1 unspecified atom stereocenters. The second-order valence-corrected chi connectivity index (χ2v) is 3.49. The lowest BCUT2D eigenvalue weighted by atomic mass is 10.1. The molecule has 0 aromatic heterocycles. The van der Waals surface area contributed by atoms with Gasteiger partial charge in [0.05, 0.1) is 14.2 Å². The third-order valence-electron chi connectivity index (χ3n) is 2.39. The molecule has 17 heavy (non-hydrogen) atoms. The van der Waals surface area contributed by atoms with Crippen LogP contribution in [0.4, 0.5) is 0 Å². The van der Waals surface area contributed by atoms with Gasteiger partial charge in [0.2, 0.25) is 0 Å². The van der Waals surface area contributed by atoms with Crippen LogP contribution in [0.5, 0.6) is 11.5 Å². The van der Waals surface area contributed by atoms with Gasteiger partial charge in [-0.2, -0.15) is 0 Å². The minimum absolute atomic E-state index is 0.263. The first-order chi connectivity index (χ1) is 8.10. The summed E-state index contributed by atoms with van der Waals surface area (Å²) in [7, 11) is 4.46. The van der Waals surface area contributed by atoms with Gasteiger partial charge < -0.3 is 19.3 Å². The highest BCUT2D eigenvalue weighted by Gasteiger charge is 2.17. The molecule has 1 rings (SSSR count). The van der Waals surface area contributed by atoms with Crippen LogP contribution in [0.15, 0.2) is 18.2 Å². The number of benzene rings is 1. The van der Waals surface area contributed by atoms with E-state index in [4.69, 9.17) is 19.3 Å². The fourth-order valence-electron chi connectivity index (χ4n) is 1.47. The van der Waals surface area contributed by atoms with Gasteiger partial charge in [-0.15, -0.1) is 0 Å². The second kappa shape index (κ2) is 6.10. The Balaban J connectivity index is 2.92. The van der Waals surface area contributed by atoms with Crippen molar-refractivity contribution in [3.63, 3.8) is 0 Å². The number of ether oxygens (including phenoxy) is 3. The SMILES string of the molecule is COc1cc(CC(OC)C(=O)O)cc(OC)c1. The van der Waals surface area contributed by atoms with Crippen LogP contribution in [-0.4, -0.2) is 38.5 Å². The smallest absolute Gasteiger partial charge is 0.333 e. The van der Waals surface area contributed by atoms with Gasteiger partial charge in [0, 0.05) is 19.6 Å². The minimum atomic E-state index is -0.991. The Bertz CT molecular complexity index is 366. The summed E-state index contributed by atoms with van der Waals surface area (Å²) in [4.78, 5) is 10.9. The Morgan fingerprint density at radius 2 is 1.71 bits per heavy atom. The van der Waals surface area contributed by atoms with Crippen LogP contribution in [0, 0.1) is 0 Å². The number of methoxy groups -OCH3 is 3. The monoisotopic (exact) mass is 240 g/mol. The summed E-state index contributed by atoms with van der Waals surface area (Å²) < 4.78 is 15.1. The molecule has 0 aliphatic heterocycles. The van der Waals surface area contributed by atoms with E-state index in [9.17, 15) is 4.79 Å². The molecule has 1 N–H and O–H groups in total. The first-order valence-electron chi connectivity index (χ1n) is 5.08. The van der Waals surface area contributed by atoms with Crippen LogP contribution >= 0.6 is 0 Å². The van der Waals surface area contributed by atoms with Crippen LogP contribution in [0.3, 0.4) is 0 Å². The summed E-state index contributed by atoms with van der Waals surface area (Å²) in [5, 5.41) is 8.90. The van der Waals surface area contributed by atoms with Crippen molar-refractivity contribution in [1.82, 2.24) is 0 Å². The quantitative estimate of drug-likeness (QED) is 0.813. The molecular formula is C12H16O5. The molecule has 0 aliphatic carbocycles.